The zero-order valence-electron chi connectivity index (χ0n) is 12.6. The average molecular weight is 266 g/mol. The van der Waals surface area contributed by atoms with E-state index in [2.05, 4.69) is 18.9 Å². The summed E-state index contributed by atoms with van der Waals surface area (Å²) < 4.78 is 2.00. The van der Waals surface area contributed by atoms with E-state index in [0.717, 1.165) is 29.9 Å². The molecule has 1 heterocycles. The van der Waals surface area contributed by atoms with Gasteiger partial charge in [0, 0.05) is 17.8 Å². The molecule has 1 rings (SSSR count). The Labute approximate surface area is 115 Å². The van der Waals surface area contributed by atoms with Crippen LogP contribution in [-0.4, -0.2) is 20.9 Å². The van der Waals surface area contributed by atoms with Crippen LogP contribution in [-0.2, 0) is 17.8 Å². The van der Waals surface area contributed by atoms with E-state index in [4.69, 9.17) is 5.11 Å². The van der Waals surface area contributed by atoms with Crippen molar-refractivity contribution in [1.29, 1.82) is 0 Å². The molecule has 1 aromatic heterocycles. The fourth-order valence-electron chi connectivity index (χ4n) is 2.48. The number of carbonyl (C=O) groups is 1. The minimum absolute atomic E-state index is 0.0728. The van der Waals surface area contributed by atoms with E-state index >= 15 is 0 Å². The molecule has 0 aliphatic carbocycles. The van der Waals surface area contributed by atoms with Crippen molar-refractivity contribution in [2.24, 2.45) is 5.92 Å². The Balaban J connectivity index is 2.80. The first-order valence-electron chi connectivity index (χ1n) is 7.24. The van der Waals surface area contributed by atoms with Gasteiger partial charge in [-0.15, -0.1) is 0 Å². The Morgan fingerprint density at radius 2 is 2.05 bits per heavy atom. The van der Waals surface area contributed by atoms with E-state index in [0.29, 0.717) is 5.92 Å². The molecule has 1 unspecified atom stereocenters. The normalized spacial score (nSPS) is 12.6. The van der Waals surface area contributed by atoms with Gasteiger partial charge < -0.3 is 5.11 Å². The van der Waals surface area contributed by atoms with Crippen molar-refractivity contribution in [3.05, 3.63) is 17.0 Å². The van der Waals surface area contributed by atoms with Crippen LogP contribution in [0.3, 0.4) is 0 Å². The van der Waals surface area contributed by atoms with E-state index in [9.17, 15) is 4.79 Å². The van der Waals surface area contributed by atoms with E-state index in [1.807, 2.05) is 18.5 Å². The van der Waals surface area contributed by atoms with E-state index in [1.165, 1.54) is 19.3 Å². The van der Waals surface area contributed by atoms with Crippen LogP contribution in [0.5, 0.6) is 0 Å². The molecule has 4 heteroatoms. The Morgan fingerprint density at radius 3 is 2.58 bits per heavy atom. The maximum absolute atomic E-state index is 10.9. The fourth-order valence-corrected chi connectivity index (χ4v) is 2.48. The van der Waals surface area contributed by atoms with E-state index in [1.54, 1.807) is 0 Å². The average Bonchev–Trinajstić information content (AvgIpc) is 2.61. The minimum Gasteiger partial charge on any atom is -0.481 e. The Bertz CT molecular complexity index is 424. The zero-order chi connectivity index (χ0) is 14.4. The Morgan fingerprint density at radius 1 is 1.37 bits per heavy atom. The summed E-state index contributed by atoms with van der Waals surface area (Å²) in [6.45, 7) is 9.20. The lowest BCUT2D eigenvalue weighted by Crippen LogP contribution is -2.13. The molecule has 0 radical (unpaired) electrons. The third-order valence-corrected chi connectivity index (χ3v) is 3.83. The first-order valence-corrected chi connectivity index (χ1v) is 7.24. The van der Waals surface area contributed by atoms with Crippen molar-refractivity contribution in [1.82, 2.24) is 9.78 Å². The lowest BCUT2D eigenvalue weighted by Gasteiger charge is -2.15. The summed E-state index contributed by atoms with van der Waals surface area (Å²) in [7, 11) is 0. The second-order valence-electron chi connectivity index (χ2n) is 5.32. The highest BCUT2D eigenvalue weighted by molar-refractivity contribution is 5.70. The molecule has 1 atom stereocenters. The largest absolute Gasteiger partial charge is 0.481 e. The first-order chi connectivity index (χ1) is 8.99. The summed E-state index contributed by atoms with van der Waals surface area (Å²) in [5, 5.41) is 13.4. The SMILES string of the molecule is CCCCC(CC)Cn1nc(C)c(CC(=O)O)c1C. The van der Waals surface area contributed by atoms with Crippen LogP contribution in [0.15, 0.2) is 0 Å². The second kappa shape index (κ2) is 7.31. The smallest absolute Gasteiger partial charge is 0.307 e. The van der Waals surface area contributed by atoms with Crippen LogP contribution in [0.25, 0.3) is 0 Å². The monoisotopic (exact) mass is 266 g/mol. The van der Waals surface area contributed by atoms with Crippen LogP contribution in [0.1, 0.15) is 56.5 Å². The lowest BCUT2D eigenvalue weighted by atomic mass is 9.99. The number of unbranched alkanes of at least 4 members (excludes halogenated alkanes) is 1. The highest BCUT2D eigenvalue weighted by Crippen LogP contribution is 2.19. The van der Waals surface area contributed by atoms with Gasteiger partial charge >= 0.3 is 5.97 Å². The molecule has 0 saturated carbocycles. The summed E-state index contributed by atoms with van der Waals surface area (Å²) in [6.07, 6.45) is 4.91. The number of rotatable bonds is 8. The standard InChI is InChI=1S/C15H26N2O2/c1-5-7-8-13(6-2)10-17-12(4)14(9-15(18)19)11(3)16-17/h13H,5-10H2,1-4H3,(H,18,19). The van der Waals surface area contributed by atoms with Gasteiger partial charge in [0.1, 0.15) is 0 Å². The van der Waals surface area contributed by atoms with Crippen LogP contribution in [0.4, 0.5) is 0 Å². The number of nitrogens with zero attached hydrogens (tertiary/aromatic N) is 2. The van der Waals surface area contributed by atoms with Crippen molar-refractivity contribution in [2.75, 3.05) is 0 Å². The van der Waals surface area contributed by atoms with E-state index < -0.39 is 5.97 Å². The number of aryl methyl sites for hydroxylation is 1. The molecule has 4 nitrogen and oxygen atoms in total. The highest BCUT2D eigenvalue weighted by Gasteiger charge is 2.16. The molecule has 0 aromatic carbocycles. The summed E-state index contributed by atoms with van der Waals surface area (Å²) in [5.41, 5.74) is 2.73. The van der Waals surface area contributed by atoms with Gasteiger partial charge in [-0.2, -0.15) is 5.10 Å². The quantitative estimate of drug-likeness (QED) is 0.785. The molecule has 0 bridgehead atoms. The molecular weight excluding hydrogens is 240 g/mol. The zero-order valence-corrected chi connectivity index (χ0v) is 12.6. The molecule has 1 aromatic rings. The third kappa shape index (κ3) is 4.37. The fraction of sp³-hybridized carbons (Fsp3) is 0.733. The van der Waals surface area contributed by atoms with Crippen LogP contribution >= 0.6 is 0 Å². The highest BCUT2D eigenvalue weighted by atomic mass is 16.4. The molecule has 0 saturated heterocycles. The minimum atomic E-state index is -0.788. The van der Waals surface area contributed by atoms with Gasteiger partial charge in [-0.3, -0.25) is 9.48 Å². The van der Waals surface area contributed by atoms with Crippen molar-refractivity contribution >= 4 is 5.97 Å². The molecular formula is C15H26N2O2. The van der Waals surface area contributed by atoms with Gasteiger partial charge in [-0.05, 0) is 26.2 Å². The number of aliphatic carboxylic acids is 1. The van der Waals surface area contributed by atoms with Gasteiger partial charge in [-0.25, -0.2) is 0 Å². The van der Waals surface area contributed by atoms with Crippen LogP contribution < -0.4 is 0 Å². The molecule has 0 aliphatic heterocycles. The Hall–Kier alpha value is -1.32. The second-order valence-corrected chi connectivity index (χ2v) is 5.32. The molecule has 0 aliphatic rings. The van der Waals surface area contributed by atoms with Crippen molar-refractivity contribution in [3.63, 3.8) is 0 Å². The van der Waals surface area contributed by atoms with Crippen LogP contribution in [0.2, 0.25) is 0 Å². The predicted molar refractivity (Wildman–Crippen MR) is 76.3 cm³/mol. The number of hydrogen-bond donors (Lipinski definition) is 1. The molecule has 108 valence electrons. The maximum atomic E-state index is 10.9. The summed E-state index contributed by atoms with van der Waals surface area (Å²) in [5.74, 6) is -0.153. The van der Waals surface area contributed by atoms with Gasteiger partial charge in [0.2, 0.25) is 0 Å². The first kappa shape index (κ1) is 15.7. The molecule has 0 spiro atoms. The molecule has 19 heavy (non-hydrogen) atoms. The maximum Gasteiger partial charge on any atom is 0.307 e. The van der Waals surface area contributed by atoms with Crippen molar-refractivity contribution < 1.29 is 9.90 Å². The van der Waals surface area contributed by atoms with Gasteiger partial charge in [0.15, 0.2) is 0 Å². The Kier molecular flexibility index (Phi) is 6.06. The summed E-state index contributed by atoms with van der Waals surface area (Å²) in [6, 6.07) is 0. The van der Waals surface area contributed by atoms with Gasteiger partial charge in [-0.1, -0.05) is 33.1 Å². The van der Waals surface area contributed by atoms with Crippen molar-refractivity contribution in [2.45, 2.75) is 66.3 Å². The van der Waals surface area contributed by atoms with Gasteiger partial charge in [0.05, 0.1) is 12.1 Å². The number of carboxylic acids is 1. The third-order valence-electron chi connectivity index (χ3n) is 3.83. The number of carboxylic acid groups (broad SMARTS) is 1. The number of hydrogen-bond acceptors (Lipinski definition) is 2. The molecule has 0 fully saturated rings. The molecule has 0 amide bonds. The summed E-state index contributed by atoms with van der Waals surface area (Å²) >= 11 is 0. The number of aromatic nitrogens is 2. The molecule has 1 N–H and O–H groups in total. The summed E-state index contributed by atoms with van der Waals surface area (Å²) in [4.78, 5) is 10.9. The van der Waals surface area contributed by atoms with Crippen molar-refractivity contribution in [3.8, 4) is 0 Å². The topological polar surface area (TPSA) is 55.1 Å². The van der Waals surface area contributed by atoms with E-state index in [-0.39, 0.29) is 6.42 Å². The van der Waals surface area contributed by atoms with Gasteiger partial charge in [0.25, 0.3) is 0 Å². The lowest BCUT2D eigenvalue weighted by molar-refractivity contribution is -0.136. The van der Waals surface area contributed by atoms with Crippen LogP contribution in [0, 0.1) is 19.8 Å². The predicted octanol–water partition coefficient (Wildman–Crippen LogP) is 3.34.